The third kappa shape index (κ3) is 5.08. The van der Waals surface area contributed by atoms with Gasteiger partial charge in [-0.1, -0.05) is 6.92 Å². The van der Waals surface area contributed by atoms with Crippen molar-refractivity contribution in [2.45, 2.75) is 31.9 Å². The van der Waals surface area contributed by atoms with Crippen molar-refractivity contribution < 1.29 is 9.53 Å². The molecule has 7 heteroatoms. The molecule has 114 valence electrons. The highest BCUT2D eigenvalue weighted by atomic mass is 35.5. The summed E-state index contributed by atoms with van der Waals surface area (Å²) in [7, 11) is 0. The zero-order chi connectivity index (χ0) is 12.3. The molecule has 2 aliphatic rings. The number of rotatable bonds is 2. The average Bonchev–Trinajstić information content (AvgIpc) is 2.38. The van der Waals surface area contributed by atoms with Gasteiger partial charge >= 0.3 is 0 Å². The fourth-order valence-corrected chi connectivity index (χ4v) is 2.55. The largest absolute Gasteiger partial charge is 0.366 e. The summed E-state index contributed by atoms with van der Waals surface area (Å²) in [5, 5.41) is 0. The van der Waals surface area contributed by atoms with Gasteiger partial charge in [-0.2, -0.15) is 0 Å². The lowest BCUT2D eigenvalue weighted by Gasteiger charge is -2.37. The van der Waals surface area contributed by atoms with E-state index in [0.717, 1.165) is 39.0 Å². The molecule has 0 aromatic rings. The lowest BCUT2D eigenvalue weighted by atomic mass is 10.1. The van der Waals surface area contributed by atoms with Crippen LogP contribution in [0.25, 0.3) is 0 Å². The van der Waals surface area contributed by atoms with Crippen molar-refractivity contribution in [3.05, 3.63) is 0 Å². The molecular formula is C12H25Cl2N3O2. The van der Waals surface area contributed by atoms with Gasteiger partial charge in [-0.05, 0) is 19.4 Å². The van der Waals surface area contributed by atoms with Crippen molar-refractivity contribution in [2.75, 3.05) is 39.3 Å². The van der Waals surface area contributed by atoms with Crippen molar-refractivity contribution in [1.29, 1.82) is 0 Å². The smallest absolute Gasteiger partial charge is 0.253 e. The number of nitrogens with two attached hydrogens (primary N) is 1. The molecule has 1 amide bonds. The highest BCUT2D eigenvalue weighted by Crippen LogP contribution is 2.13. The first-order valence-corrected chi connectivity index (χ1v) is 6.59. The van der Waals surface area contributed by atoms with E-state index in [0.29, 0.717) is 13.2 Å². The summed E-state index contributed by atoms with van der Waals surface area (Å²) < 4.78 is 5.59. The van der Waals surface area contributed by atoms with E-state index < -0.39 is 0 Å². The molecule has 0 radical (unpaired) electrons. The fourth-order valence-electron chi connectivity index (χ4n) is 2.55. The number of morpholine rings is 1. The molecule has 2 saturated heterocycles. The first kappa shape index (κ1) is 18.9. The Morgan fingerprint density at radius 3 is 2.68 bits per heavy atom. The Bertz CT molecular complexity index is 282. The van der Waals surface area contributed by atoms with Crippen molar-refractivity contribution in [3.8, 4) is 0 Å². The van der Waals surface area contributed by atoms with Crippen LogP contribution in [0.1, 0.15) is 19.8 Å². The van der Waals surface area contributed by atoms with Crippen LogP contribution in [0.5, 0.6) is 0 Å². The van der Waals surface area contributed by atoms with E-state index in [4.69, 9.17) is 10.5 Å². The number of hydrogen-bond acceptors (Lipinski definition) is 4. The molecule has 0 saturated carbocycles. The summed E-state index contributed by atoms with van der Waals surface area (Å²) in [5.74, 6) is 0.123. The van der Waals surface area contributed by atoms with Gasteiger partial charge < -0.3 is 15.4 Å². The highest BCUT2D eigenvalue weighted by Gasteiger charge is 2.31. The monoisotopic (exact) mass is 313 g/mol. The van der Waals surface area contributed by atoms with Gasteiger partial charge in [-0.3, -0.25) is 9.69 Å². The van der Waals surface area contributed by atoms with E-state index >= 15 is 0 Å². The molecule has 2 rings (SSSR count). The molecule has 2 atom stereocenters. The summed E-state index contributed by atoms with van der Waals surface area (Å²) in [6.45, 7) is 6.92. The van der Waals surface area contributed by atoms with Gasteiger partial charge in [0.2, 0.25) is 0 Å². The summed E-state index contributed by atoms with van der Waals surface area (Å²) in [4.78, 5) is 16.4. The predicted octanol–water partition coefficient (Wildman–Crippen LogP) is 0.500. The van der Waals surface area contributed by atoms with Crippen molar-refractivity contribution >= 4 is 30.7 Å². The van der Waals surface area contributed by atoms with E-state index in [1.165, 1.54) is 0 Å². The second-order valence-electron chi connectivity index (χ2n) is 4.94. The fraction of sp³-hybridized carbons (Fsp3) is 0.917. The summed E-state index contributed by atoms with van der Waals surface area (Å²) >= 11 is 0. The normalized spacial score (nSPS) is 28.2. The van der Waals surface area contributed by atoms with Crippen LogP contribution in [0, 0.1) is 0 Å². The topological polar surface area (TPSA) is 58.8 Å². The molecule has 0 bridgehead atoms. The van der Waals surface area contributed by atoms with Crippen molar-refractivity contribution in [3.63, 3.8) is 0 Å². The molecule has 0 aliphatic carbocycles. The number of likely N-dealkylation sites (tertiary alicyclic amines) is 1. The Balaban J connectivity index is 0.00000162. The maximum absolute atomic E-state index is 12.3. The number of ether oxygens (including phenoxy) is 1. The molecule has 5 nitrogen and oxygen atoms in total. The van der Waals surface area contributed by atoms with Crippen LogP contribution in [0.3, 0.4) is 0 Å². The number of hydrogen-bond donors (Lipinski definition) is 1. The molecule has 2 unspecified atom stereocenters. The first-order chi connectivity index (χ1) is 8.20. The standard InChI is InChI=1S/C12H23N3O2.2ClH/c1-2-14-6-7-17-11(9-14)12(16)15-5-3-4-10(13)8-15;;/h10-11H,2-9,13H2,1H3;2*1H. The minimum absolute atomic E-state index is 0. The zero-order valence-corrected chi connectivity index (χ0v) is 13.0. The second-order valence-corrected chi connectivity index (χ2v) is 4.94. The number of likely N-dealkylation sites (N-methyl/N-ethyl adjacent to an activating group) is 1. The van der Waals surface area contributed by atoms with Crippen molar-refractivity contribution in [1.82, 2.24) is 9.80 Å². The molecule has 2 N–H and O–H groups in total. The van der Waals surface area contributed by atoms with Gasteiger partial charge in [0.15, 0.2) is 0 Å². The third-order valence-electron chi connectivity index (χ3n) is 3.64. The lowest BCUT2D eigenvalue weighted by molar-refractivity contribution is -0.150. The van der Waals surface area contributed by atoms with Crippen LogP contribution in [-0.4, -0.2) is 67.2 Å². The minimum Gasteiger partial charge on any atom is -0.366 e. The molecule has 0 spiro atoms. The Morgan fingerprint density at radius 1 is 1.32 bits per heavy atom. The van der Waals surface area contributed by atoms with Crippen LogP contribution in [0.4, 0.5) is 0 Å². The predicted molar refractivity (Wildman–Crippen MR) is 80.1 cm³/mol. The Labute approximate surface area is 127 Å². The average molecular weight is 314 g/mol. The van der Waals surface area contributed by atoms with Crippen LogP contribution in [-0.2, 0) is 9.53 Å². The van der Waals surface area contributed by atoms with Gasteiger partial charge in [-0.25, -0.2) is 0 Å². The number of halogens is 2. The van der Waals surface area contributed by atoms with E-state index in [1.807, 2.05) is 4.90 Å². The van der Waals surface area contributed by atoms with Crippen molar-refractivity contribution in [2.24, 2.45) is 5.73 Å². The molecule has 2 heterocycles. The summed E-state index contributed by atoms with van der Waals surface area (Å²) in [6.07, 6.45) is 1.75. The van der Waals surface area contributed by atoms with E-state index in [1.54, 1.807) is 0 Å². The van der Waals surface area contributed by atoms with Crippen LogP contribution < -0.4 is 5.73 Å². The van der Waals surface area contributed by atoms with Gasteiger partial charge in [0.1, 0.15) is 6.10 Å². The number of carbonyl (C=O) groups excluding carboxylic acids is 1. The molecule has 19 heavy (non-hydrogen) atoms. The number of carbonyl (C=O) groups is 1. The summed E-state index contributed by atoms with van der Waals surface area (Å²) in [6, 6.07) is 0.138. The van der Waals surface area contributed by atoms with Gasteiger partial charge in [0.05, 0.1) is 6.61 Å². The maximum Gasteiger partial charge on any atom is 0.253 e. The minimum atomic E-state index is -0.283. The molecule has 0 aromatic carbocycles. The SMILES string of the molecule is CCN1CCOC(C(=O)N2CCCC(N)C2)C1.Cl.Cl. The summed E-state index contributed by atoms with van der Waals surface area (Å²) in [5.41, 5.74) is 5.90. The molecule has 2 aliphatic heterocycles. The van der Waals surface area contributed by atoms with E-state index in [-0.39, 0.29) is 42.9 Å². The molecule has 2 fully saturated rings. The van der Waals surface area contributed by atoms with Gasteiger partial charge in [0.25, 0.3) is 5.91 Å². The first-order valence-electron chi connectivity index (χ1n) is 6.59. The number of piperidine rings is 1. The van der Waals surface area contributed by atoms with Crippen LogP contribution in [0.15, 0.2) is 0 Å². The number of amides is 1. The van der Waals surface area contributed by atoms with E-state index in [9.17, 15) is 4.79 Å². The second kappa shape index (κ2) is 8.97. The number of nitrogens with zero attached hydrogens (tertiary/aromatic N) is 2. The lowest BCUT2D eigenvalue weighted by Crippen LogP contribution is -2.54. The van der Waals surface area contributed by atoms with Gasteiger partial charge in [-0.15, -0.1) is 24.8 Å². The van der Waals surface area contributed by atoms with Gasteiger partial charge in [0, 0.05) is 32.2 Å². The van der Waals surface area contributed by atoms with Crippen LogP contribution >= 0.6 is 24.8 Å². The van der Waals surface area contributed by atoms with Crippen LogP contribution in [0.2, 0.25) is 0 Å². The molecular weight excluding hydrogens is 289 g/mol. The Morgan fingerprint density at radius 2 is 2.05 bits per heavy atom. The maximum atomic E-state index is 12.3. The molecule has 0 aromatic heterocycles. The quantitative estimate of drug-likeness (QED) is 0.806. The third-order valence-corrected chi connectivity index (χ3v) is 3.64. The zero-order valence-electron chi connectivity index (χ0n) is 11.4. The Hall–Kier alpha value is -0.0700. The van der Waals surface area contributed by atoms with E-state index in [2.05, 4.69) is 11.8 Å². The Kier molecular flexibility index (Phi) is 8.94. The highest BCUT2D eigenvalue weighted by molar-refractivity contribution is 5.85.